The Balaban J connectivity index is 2.73. The Morgan fingerprint density at radius 2 is 2.25 bits per heavy atom. The van der Waals surface area contributed by atoms with Gasteiger partial charge in [0.2, 0.25) is 0 Å². The molecule has 0 spiro atoms. The maximum absolute atomic E-state index is 5.65. The second-order valence-corrected chi connectivity index (χ2v) is 2.97. The summed E-state index contributed by atoms with van der Waals surface area (Å²) in [6.45, 7) is 2.15. The molecular weight excluding hydrogens is 145 g/mol. The molecule has 0 aliphatic rings. The summed E-state index contributed by atoms with van der Waals surface area (Å²) in [7, 11) is 5.65. The van der Waals surface area contributed by atoms with E-state index in [4.69, 9.17) is 7.85 Å². The van der Waals surface area contributed by atoms with Gasteiger partial charge in [-0.05, 0) is 18.1 Å². The Kier molecular flexibility index (Phi) is 1.68. The number of benzene rings is 1. The Hall–Kier alpha value is -1.18. The third-order valence-electron chi connectivity index (χ3n) is 2.17. The third kappa shape index (κ3) is 1.04. The zero-order valence-electron chi connectivity index (χ0n) is 7.09. The van der Waals surface area contributed by atoms with E-state index in [1.807, 2.05) is 18.3 Å². The van der Waals surface area contributed by atoms with Gasteiger partial charge in [-0.15, -0.1) is 0 Å². The van der Waals surface area contributed by atoms with Crippen LogP contribution < -0.4 is 5.46 Å². The first-order valence-corrected chi connectivity index (χ1v) is 4.16. The van der Waals surface area contributed by atoms with Crippen LogP contribution in [-0.4, -0.2) is 12.8 Å². The highest BCUT2D eigenvalue weighted by Crippen LogP contribution is 2.16. The summed E-state index contributed by atoms with van der Waals surface area (Å²) < 4.78 is 0. The number of rotatable bonds is 1. The molecule has 58 valence electrons. The molecule has 0 saturated carbocycles. The fraction of sp³-hybridized carbons (Fsp3) is 0.200. The zero-order valence-corrected chi connectivity index (χ0v) is 7.09. The summed E-state index contributed by atoms with van der Waals surface area (Å²) in [6.07, 6.45) is 3.11. The van der Waals surface area contributed by atoms with Crippen LogP contribution in [0.25, 0.3) is 10.9 Å². The van der Waals surface area contributed by atoms with E-state index in [1.165, 1.54) is 10.9 Å². The highest BCUT2D eigenvalue weighted by molar-refractivity contribution is 6.33. The minimum Gasteiger partial charge on any atom is -0.361 e. The summed E-state index contributed by atoms with van der Waals surface area (Å²) in [6, 6.07) is 5.98. The molecular formula is C10H10BN. The van der Waals surface area contributed by atoms with Crippen LogP contribution in [-0.2, 0) is 6.42 Å². The SMILES string of the molecule is [B]c1ccc2c(CC)c[nH]c2c1. The maximum Gasteiger partial charge on any atom is 0.113 e. The van der Waals surface area contributed by atoms with E-state index >= 15 is 0 Å². The number of H-pyrrole nitrogens is 1. The highest BCUT2D eigenvalue weighted by atomic mass is 14.7. The molecule has 2 rings (SSSR count). The molecule has 1 nitrogen and oxygen atoms in total. The third-order valence-corrected chi connectivity index (χ3v) is 2.17. The van der Waals surface area contributed by atoms with Crippen molar-refractivity contribution in [2.24, 2.45) is 0 Å². The van der Waals surface area contributed by atoms with Crippen molar-refractivity contribution < 1.29 is 0 Å². The van der Waals surface area contributed by atoms with Gasteiger partial charge in [0.1, 0.15) is 7.85 Å². The standard InChI is InChI=1S/C10H10BN/c1-2-7-6-12-10-5-8(11)3-4-9(7)10/h3-6,12H,2H2,1H3. The van der Waals surface area contributed by atoms with E-state index in [9.17, 15) is 0 Å². The molecule has 0 amide bonds. The summed E-state index contributed by atoms with van der Waals surface area (Å²) in [5.41, 5.74) is 3.30. The summed E-state index contributed by atoms with van der Waals surface area (Å²) >= 11 is 0. The predicted octanol–water partition coefficient (Wildman–Crippen LogP) is 1.52. The van der Waals surface area contributed by atoms with Crippen molar-refractivity contribution in [3.05, 3.63) is 30.0 Å². The minimum atomic E-state index is 0.812. The minimum absolute atomic E-state index is 0.812. The summed E-state index contributed by atoms with van der Waals surface area (Å²) in [4.78, 5) is 3.20. The van der Waals surface area contributed by atoms with E-state index in [1.54, 1.807) is 0 Å². The topological polar surface area (TPSA) is 15.8 Å². The van der Waals surface area contributed by atoms with Gasteiger partial charge in [0.25, 0.3) is 0 Å². The van der Waals surface area contributed by atoms with Gasteiger partial charge in [0, 0.05) is 17.1 Å². The van der Waals surface area contributed by atoms with Gasteiger partial charge in [-0.25, -0.2) is 0 Å². The van der Waals surface area contributed by atoms with Crippen molar-refractivity contribution in [1.29, 1.82) is 0 Å². The molecule has 2 aromatic rings. The maximum atomic E-state index is 5.65. The second kappa shape index (κ2) is 2.70. The van der Waals surface area contributed by atoms with Gasteiger partial charge in [-0.3, -0.25) is 0 Å². The first-order valence-electron chi connectivity index (χ1n) is 4.16. The molecule has 1 N–H and O–H groups in total. The number of nitrogens with one attached hydrogen (secondary N) is 1. The van der Waals surface area contributed by atoms with Crippen LogP contribution in [0.5, 0.6) is 0 Å². The molecule has 0 atom stereocenters. The zero-order chi connectivity index (χ0) is 8.55. The first-order chi connectivity index (χ1) is 5.81. The quantitative estimate of drug-likeness (QED) is 0.601. The molecule has 0 unspecified atom stereocenters. The van der Waals surface area contributed by atoms with Crippen LogP contribution in [0.4, 0.5) is 0 Å². The highest BCUT2D eigenvalue weighted by Gasteiger charge is 1.99. The van der Waals surface area contributed by atoms with Gasteiger partial charge >= 0.3 is 0 Å². The smallest absolute Gasteiger partial charge is 0.113 e. The molecule has 1 aromatic carbocycles. The van der Waals surface area contributed by atoms with Crippen LogP contribution in [0.3, 0.4) is 0 Å². The van der Waals surface area contributed by atoms with Gasteiger partial charge in [-0.2, -0.15) is 0 Å². The fourth-order valence-electron chi connectivity index (χ4n) is 1.50. The van der Waals surface area contributed by atoms with Gasteiger partial charge in [-0.1, -0.05) is 24.5 Å². The largest absolute Gasteiger partial charge is 0.361 e. The number of aromatic nitrogens is 1. The normalized spacial score (nSPS) is 10.8. The summed E-state index contributed by atoms with van der Waals surface area (Å²) in [5, 5.41) is 1.28. The molecule has 0 aliphatic carbocycles. The van der Waals surface area contributed by atoms with Crippen LogP contribution >= 0.6 is 0 Å². The molecule has 0 saturated heterocycles. The van der Waals surface area contributed by atoms with Gasteiger partial charge in [0.15, 0.2) is 0 Å². The molecule has 0 aliphatic heterocycles. The van der Waals surface area contributed by atoms with Crippen LogP contribution in [0.2, 0.25) is 0 Å². The van der Waals surface area contributed by atoms with Gasteiger partial charge < -0.3 is 4.98 Å². The number of hydrogen-bond acceptors (Lipinski definition) is 0. The Labute approximate surface area is 73.2 Å². The van der Waals surface area contributed by atoms with Gasteiger partial charge in [0.05, 0.1) is 0 Å². The molecule has 12 heavy (non-hydrogen) atoms. The van der Waals surface area contributed by atoms with Crippen molar-refractivity contribution in [3.8, 4) is 0 Å². The van der Waals surface area contributed by atoms with E-state index in [2.05, 4.69) is 18.0 Å². The average Bonchev–Trinajstić information content (AvgIpc) is 2.46. The monoisotopic (exact) mass is 155 g/mol. The van der Waals surface area contributed by atoms with Crippen LogP contribution in [0, 0.1) is 0 Å². The Bertz CT molecular complexity index is 403. The number of aromatic amines is 1. The second-order valence-electron chi connectivity index (χ2n) is 2.97. The molecule has 0 fully saturated rings. The van der Waals surface area contributed by atoms with Crippen molar-refractivity contribution in [1.82, 2.24) is 4.98 Å². The first kappa shape index (κ1) is 7.47. The van der Waals surface area contributed by atoms with E-state index in [0.29, 0.717) is 0 Å². The van der Waals surface area contributed by atoms with Crippen molar-refractivity contribution in [3.63, 3.8) is 0 Å². The lowest BCUT2D eigenvalue weighted by Crippen LogP contribution is -1.99. The van der Waals surface area contributed by atoms with Crippen molar-refractivity contribution in [2.75, 3.05) is 0 Å². The number of fused-ring (bicyclic) bond motifs is 1. The number of aryl methyl sites for hydroxylation is 1. The predicted molar refractivity (Wildman–Crippen MR) is 53.1 cm³/mol. The molecule has 2 radical (unpaired) electrons. The van der Waals surface area contributed by atoms with Crippen LogP contribution in [0.1, 0.15) is 12.5 Å². The Morgan fingerprint density at radius 1 is 1.42 bits per heavy atom. The molecule has 1 heterocycles. The van der Waals surface area contributed by atoms with E-state index < -0.39 is 0 Å². The van der Waals surface area contributed by atoms with Crippen LogP contribution in [0.15, 0.2) is 24.4 Å². The average molecular weight is 155 g/mol. The lowest BCUT2D eigenvalue weighted by Gasteiger charge is -1.94. The number of hydrogen-bond donors (Lipinski definition) is 1. The van der Waals surface area contributed by atoms with E-state index in [0.717, 1.165) is 17.4 Å². The Morgan fingerprint density at radius 3 is 3.00 bits per heavy atom. The van der Waals surface area contributed by atoms with Crippen molar-refractivity contribution >= 4 is 24.2 Å². The molecule has 0 bridgehead atoms. The lowest BCUT2D eigenvalue weighted by molar-refractivity contribution is 1.15. The lowest BCUT2D eigenvalue weighted by atomic mass is 9.95. The van der Waals surface area contributed by atoms with E-state index in [-0.39, 0.29) is 0 Å². The molecule has 1 aromatic heterocycles. The fourth-order valence-corrected chi connectivity index (χ4v) is 1.50. The molecule has 2 heteroatoms. The summed E-state index contributed by atoms with van der Waals surface area (Å²) in [5.74, 6) is 0. The van der Waals surface area contributed by atoms with Crippen molar-refractivity contribution in [2.45, 2.75) is 13.3 Å².